The van der Waals surface area contributed by atoms with Crippen LogP contribution < -0.4 is 15.4 Å². The highest BCUT2D eigenvalue weighted by Crippen LogP contribution is 2.18. The highest BCUT2D eigenvalue weighted by Gasteiger charge is 2.11. The first kappa shape index (κ1) is 22.2. The van der Waals surface area contributed by atoms with E-state index >= 15 is 0 Å². The fraction of sp³-hybridized carbons (Fsp3) is 0.0800. The number of rotatable bonds is 7. The zero-order valence-electron chi connectivity index (χ0n) is 17.3. The maximum Gasteiger partial charge on any atom is 0.266 e. The van der Waals surface area contributed by atoms with Crippen LogP contribution in [0.1, 0.15) is 11.1 Å². The number of nitrogens with one attached hydrogen (secondary N) is 2. The molecule has 0 heterocycles. The molecule has 0 aliphatic carbocycles. The van der Waals surface area contributed by atoms with Gasteiger partial charge in [0.05, 0.1) is 5.69 Å². The van der Waals surface area contributed by atoms with Gasteiger partial charge in [-0.05, 0) is 55.0 Å². The summed E-state index contributed by atoms with van der Waals surface area (Å²) in [4.78, 5) is 24.4. The van der Waals surface area contributed by atoms with Crippen LogP contribution >= 0.6 is 0 Å². The van der Waals surface area contributed by atoms with Crippen molar-refractivity contribution in [2.75, 3.05) is 17.2 Å². The predicted octanol–water partition coefficient (Wildman–Crippen LogP) is 4.70. The zero-order valence-corrected chi connectivity index (χ0v) is 17.3. The maximum atomic E-state index is 13.6. The Kier molecular flexibility index (Phi) is 7.33. The Labute approximate surface area is 185 Å². The molecule has 0 unspecified atom stereocenters. The quantitative estimate of drug-likeness (QED) is 0.421. The van der Waals surface area contributed by atoms with Gasteiger partial charge in [-0.25, -0.2) is 4.39 Å². The molecular weight excluding hydrogens is 409 g/mol. The summed E-state index contributed by atoms with van der Waals surface area (Å²) in [7, 11) is 0. The maximum absolute atomic E-state index is 13.6. The van der Waals surface area contributed by atoms with Gasteiger partial charge in [-0.15, -0.1) is 0 Å². The highest BCUT2D eigenvalue weighted by molar-refractivity contribution is 6.09. The third kappa shape index (κ3) is 6.28. The first-order chi connectivity index (χ1) is 15.4. The van der Waals surface area contributed by atoms with E-state index in [4.69, 9.17) is 4.74 Å². The minimum absolute atomic E-state index is 0.0658. The molecule has 2 amide bonds. The van der Waals surface area contributed by atoms with Crippen molar-refractivity contribution >= 4 is 29.3 Å². The van der Waals surface area contributed by atoms with Gasteiger partial charge in [-0.2, -0.15) is 5.26 Å². The molecule has 0 atom stereocenters. The van der Waals surface area contributed by atoms with Crippen molar-refractivity contribution in [1.29, 1.82) is 5.26 Å². The zero-order chi connectivity index (χ0) is 22.9. The standard InChI is InChI=1S/C25H20FN3O3/c1-17-9-11-20(12-10-17)28-25(31)19(15-27)13-18-5-4-6-21(14-18)32-16-24(30)29-23-8-3-2-7-22(23)26/h2-14H,16H2,1H3,(H,28,31)(H,29,30)/b19-13-. The van der Waals surface area contributed by atoms with E-state index in [0.717, 1.165) is 5.56 Å². The van der Waals surface area contributed by atoms with Crippen molar-refractivity contribution in [3.8, 4) is 11.8 Å². The second kappa shape index (κ2) is 10.5. The number of nitriles is 1. The molecule has 0 aliphatic rings. The number of benzene rings is 3. The van der Waals surface area contributed by atoms with Crippen molar-refractivity contribution in [3.05, 3.63) is 95.3 Å². The van der Waals surface area contributed by atoms with Gasteiger partial charge in [-0.3, -0.25) is 9.59 Å². The number of hydrogen-bond acceptors (Lipinski definition) is 4. The Bertz CT molecular complexity index is 1200. The normalized spacial score (nSPS) is 10.7. The predicted molar refractivity (Wildman–Crippen MR) is 120 cm³/mol. The molecule has 32 heavy (non-hydrogen) atoms. The Morgan fingerprint density at radius 2 is 1.78 bits per heavy atom. The van der Waals surface area contributed by atoms with E-state index < -0.39 is 17.6 Å². The molecule has 0 bridgehead atoms. The van der Waals surface area contributed by atoms with Gasteiger partial charge in [0.25, 0.3) is 11.8 Å². The number of nitrogens with zero attached hydrogens (tertiary/aromatic N) is 1. The molecule has 6 nitrogen and oxygen atoms in total. The number of halogens is 1. The third-order valence-electron chi connectivity index (χ3n) is 4.36. The first-order valence-electron chi connectivity index (χ1n) is 9.71. The lowest BCUT2D eigenvalue weighted by Gasteiger charge is -2.09. The molecule has 3 aromatic rings. The van der Waals surface area contributed by atoms with E-state index in [1.54, 1.807) is 42.5 Å². The van der Waals surface area contributed by atoms with Crippen LogP contribution in [0.25, 0.3) is 6.08 Å². The van der Waals surface area contributed by atoms with E-state index in [1.807, 2.05) is 25.1 Å². The monoisotopic (exact) mass is 429 g/mol. The average Bonchev–Trinajstić information content (AvgIpc) is 2.79. The van der Waals surface area contributed by atoms with Gasteiger partial charge in [0.1, 0.15) is 23.2 Å². The van der Waals surface area contributed by atoms with Gasteiger partial charge in [-0.1, -0.05) is 42.0 Å². The van der Waals surface area contributed by atoms with E-state index in [0.29, 0.717) is 17.0 Å². The Hall–Kier alpha value is -4.44. The van der Waals surface area contributed by atoms with Crippen molar-refractivity contribution in [3.63, 3.8) is 0 Å². The summed E-state index contributed by atoms with van der Waals surface area (Å²) in [5.41, 5.74) is 2.17. The molecule has 0 aliphatic heterocycles. The van der Waals surface area contributed by atoms with Gasteiger partial charge in [0, 0.05) is 5.69 Å². The number of carbonyl (C=O) groups excluding carboxylic acids is 2. The summed E-state index contributed by atoms with van der Waals surface area (Å²) in [5.74, 6) is -1.24. The number of para-hydroxylation sites is 1. The van der Waals surface area contributed by atoms with E-state index in [9.17, 15) is 19.2 Å². The summed E-state index contributed by atoms with van der Waals surface area (Å²) < 4.78 is 19.1. The molecule has 0 spiro atoms. The van der Waals surface area contributed by atoms with E-state index in [2.05, 4.69) is 10.6 Å². The van der Waals surface area contributed by atoms with Crippen molar-refractivity contribution in [1.82, 2.24) is 0 Å². The molecule has 0 saturated carbocycles. The van der Waals surface area contributed by atoms with Crippen molar-refractivity contribution in [2.45, 2.75) is 6.92 Å². The number of hydrogen-bond donors (Lipinski definition) is 2. The third-order valence-corrected chi connectivity index (χ3v) is 4.36. The molecule has 160 valence electrons. The summed E-state index contributed by atoms with van der Waals surface area (Å²) >= 11 is 0. The van der Waals surface area contributed by atoms with Gasteiger partial charge in [0.15, 0.2) is 6.61 Å². The summed E-state index contributed by atoms with van der Waals surface area (Å²) in [6.07, 6.45) is 1.43. The lowest BCUT2D eigenvalue weighted by molar-refractivity contribution is -0.118. The lowest BCUT2D eigenvalue weighted by Crippen LogP contribution is -2.20. The van der Waals surface area contributed by atoms with Crippen LogP contribution in [0.5, 0.6) is 5.75 Å². The molecular formula is C25H20FN3O3. The van der Waals surface area contributed by atoms with Gasteiger partial charge in [0.2, 0.25) is 0 Å². The second-order valence-corrected chi connectivity index (χ2v) is 6.88. The number of carbonyl (C=O) groups is 2. The molecule has 0 radical (unpaired) electrons. The Morgan fingerprint density at radius 1 is 1.03 bits per heavy atom. The van der Waals surface area contributed by atoms with Crippen molar-refractivity contribution < 1.29 is 18.7 Å². The average molecular weight is 429 g/mol. The van der Waals surface area contributed by atoms with Crippen molar-refractivity contribution in [2.24, 2.45) is 0 Å². The molecule has 0 saturated heterocycles. The fourth-order valence-electron chi connectivity index (χ4n) is 2.74. The minimum atomic E-state index is -0.541. The molecule has 3 rings (SSSR count). The number of amides is 2. The molecule has 3 aromatic carbocycles. The highest BCUT2D eigenvalue weighted by atomic mass is 19.1. The summed E-state index contributed by atoms with van der Waals surface area (Å²) in [5, 5.41) is 14.5. The van der Waals surface area contributed by atoms with Crippen LogP contribution in [0.4, 0.5) is 15.8 Å². The van der Waals surface area contributed by atoms with Gasteiger partial charge < -0.3 is 15.4 Å². The van der Waals surface area contributed by atoms with Crippen LogP contribution in [0.2, 0.25) is 0 Å². The minimum Gasteiger partial charge on any atom is -0.484 e. The smallest absolute Gasteiger partial charge is 0.266 e. The summed E-state index contributed by atoms with van der Waals surface area (Å²) in [6, 6.07) is 21.5. The number of aryl methyl sites for hydroxylation is 1. The second-order valence-electron chi connectivity index (χ2n) is 6.88. The molecule has 2 N–H and O–H groups in total. The first-order valence-corrected chi connectivity index (χ1v) is 9.71. The van der Waals surface area contributed by atoms with Gasteiger partial charge >= 0.3 is 0 Å². The van der Waals surface area contributed by atoms with E-state index in [1.165, 1.54) is 24.3 Å². The van der Waals surface area contributed by atoms with Crippen LogP contribution in [-0.4, -0.2) is 18.4 Å². The van der Waals surface area contributed by atoms with Crippen LogP contribution in [-0.2, 0) is 9.59 Å². The Morgan fingerprint density at radius 3 is 2.50 bits per heavy atom. The Balaban J connectivity index is 1.63. The molecule has 0 aromatic heterocycles. The molecule has 7 heteroatoms. The number of ether oxygens (including phenoxy) is 1. The van der Waals surface area contributed by atoms with E-state index in [-0.39, 0.29) is 17.9 Å². The topological polar surface area (TPSA) is 91.2 Å². The fourth-order valence-corrected chi connectivity index (χ4v) is 2.74. The lowest BCUT2D eigenvalue weighted by atomic mass is 10.1. The molecule has 0 fully saturated rings. The summed E-state index contributed by atoms with van der Waals surface area (Å²) in [6.45, 7) is 1.60. The SMILES string of the molecule is Cc1ccc(NC(=O)/C(C#N)=C\c2cccc(OCC(=O)Nc3ccccc3F)c2)cc1. The van der Waals surface area contributed by atoms with Crippen LogP contribution in [0, 0.1) is 24.1 Å². The largest absolute Gasteiger partial charge is 0.484 e. The van der Waals surface area contributed by atoms with Crippen LogP contribution in [0.15, 0.2) is 78.4 Å². The van der Waals surface area contributed by atoms with Crippen LogP contribution in [0.3, 0.4) is 0 Å². The number of anilines is 2.